The quantitative estimate of drug-likeness (QED) is 0.612. The van der Waals surface area contributed by atoms with Crippen LogP contribution in [0.2, 0.25) is 0 Å². The molecule has 3 heteroatoms. The first-order valence-corrected chi connectivity index (χ1v) is 6.23. The van der Waals surface area contributed by atoms with E-state index in [0.717, 1.165) is 12.8 Å². The molecular weight excluding hydrogens is 216 g/mol. The van der Waals surface area contributed by atoms with Crippen molar-refractivity contribution in [2.75, 3.05) is 0 Å². The number of hydrogen-bond donors (Lipinski definition) is 0. The van der Waals surface area contributed by atoms with Crippen molar-refractivity contribution < 1.29 is 14.4 Å². The van der Waals surface area contributed by atoms with Gasteiger partial charge < -0.3 is 0 Å². The van der Waals surface area contributed by atoms with E-state index in [0.29, 0.717) is 6.42 Å². The van der Waals surface area contributed by atoms with Crippen LogP contribution < -0.4 is 0 Å². The summed E-state index contributed by atoms with van der Waals surface area (Å²) in [6.07, 6.45) is 3.87. The fraction of sp³-hybridized carbons (Fsp3) is 0.786. The second-order valence-corrected chi connectivity index (χ2v) is 5.38. The van der Waals surface area contributed by atoms with Gasteiger partial charge in [0.05, 0.1) is 5.92 Å². The van der Waals surface area contributed by atoms with Crippen molar-refractivity contribution in [3.05, 3.63) is 0 Å². The lowest BCUT2D eigenvalue weighted by Gasteiger charge is -2.27. The third-order valence-corrected chi connectivity index (χ3v) is 2.94. The highest BCUT2D eigenvalue weighted by molar-refractivity contribution is 6.05. The van der Waals surface area contributed by atoms with Gasteiger partial charge in [-0.05, 0) is 6.42 Å². The van der Waals surface area contributed by atoms with Crippen molar-refractivity contribution in [2.24, 2.45) is 17.3 Å². The summed E-state index contributed by atoms with van der Waals surface area (Å²) in [7, 11) is 0. The van der Waals surface area contributed by atoms with E-state index in [1.165, 1.54) is 0 Å². The van der Waals surface area contributed by atoms with Crippen molar-refractivity contribution in [1.82, 2.24) is 0 Å². The molecule has 0 saturated heterocycles. The van der Waals surface area contributed by atoms with E-state index in [1.54, 1.807) is 27.7 Å². The number of ketones is 2. The SMILES string of the molecule is CCCCC(=O)C(C(=O)C(C)C)C(C)(C)[C]=O. The second-order valence-electron chi connectivity index (χ2n) is 5.38. The molecule has 0 N–H and O–H groups in total. The first-order valence-electron chi connectivity index (χ1n) is 6.23. The number of carbonyl (C=O) groups is 2. The Morgan fingerprint density at radius 1 is 1.24 bits per heavy atom. The van der Waals surface area contributed by atoms with Crippen LogP contribution >= 0.6 is 0 Å². The lowest BCUT2D eigenvalue weighted by atomic mass is 9.72. The van der Waals surface area contributed by atoms with Crippen LogP contribution in [0.1, 0.15) is 53.9 Å². The van der Waals surface area contributed by atoms with Crippen LogP contribution in [0, 0.1) is 17.3 Å². The molecule has 3 nitrogen and oxygen atoms in total. The van der Waals surface area contributed by atoms with Crippen LogP contribution in [0.4, 0.5) is 0 Å². The number of unbranched alkanes of at least 4 members (excludes halogenated alkanes) is 1. The Morgan fingerprint density at radius 3 is 2.12 bits per heavy atom. The summed E-state index contributed by atoms with van der Waals surface area (Å²) in [6.45, 7) is 8.71. The Morgan fingerprint density at radius 2 is 1.76 bits per heavy atom. The Balaban J connectivity index is 5.05. The minimum Gasteiger partial charge on any atom is -0.299 e. The monoisotopic (exact) mass is 239 g/mol. The van der Waals surface area contributed by atoms with E-state index in [2.05, 4.69) is 0 Å². The Bertz CT molecular complexity index is 290. The van der Waals surface area contributed by atoms with Crippen LogP contribution in [0.15, 0.2) is 0 Å². The van der Waals surface area contributed by atoms with Crippen LogP contribution in [-0.4, -0.2) is 17.9 Å². The molecule has 0 spiro atoms. The zero-order chi connectivity index (χ0) is 13.6. The van der Waals surface area contributed by atoms with Crippen molar-refractivity contribution in [3.63, 3.8) is 0 Å². The van der Waals surface area contributed by atoms with Gasteiger partial charge in [0.25, 0.3) is 0 Å². The summed E-state index contributed by atoms with van der Waals surface area (Å²) in [6, 6.07) is 0. The van der Waals surface area contributed by atoms with Crippen LogP contribution in [-0.2, 0) is 14.4 Å². The normalized spacial score (nSPS) is 13.5. The van der Waals surface area contributed by atoms with Crippen LogP contribution in [0.25, 0.3) is 0 Å². The first-order chi connectivity index (χ1) is 7.77. The smallest absolute Gasteiger partial charge is 0.205 e. The van der Waals surface area contributed by atoms with Crippen molar-refractivity contribution in [2.45, 2.75) is 53.9 Å². The van der Waals surface area contributed by atoms with Gasteiger partial charge in [0.2, 0.25) is 6.29 Å². The molecule has 0 fully saturated rings. The minimum absolute atomic E-state index is 0.126. The summed E-state index contributed by atoms with van der Waals surface area (Å²) < 4.78 is 0. The van der Waals surface area contributed by atoms with Gasteiger partial charge in [-0.2, -0.15) is 0 Å². The van der Waals surface area contributed by atoms with Gasteiger partial charge in [0.1, 0.15) is 11.6 Å². The van der Waals surface area contributed by atoms with E-state index in [9.17, 15) is 14.4 Å². The molecule has 0 saturated carbocycles. The zero-order valence-corrected chi connectivity index (χ0v) is 11.5. The number of carbonyl (C=O) groups excluding carboxylic acids is 3. The van der Waals surface area contributed by atoms with E-state index in [-0.39, 0.29) is 17.5 Å². The molecule has 0 rings (SSSR count). The van der Waals surface area contributed by atoms with Gasteiger partial charge in [-0.3, -0.25) is 14.4 Å². The maximum Gasteiger partial charge on any atom is 0.205 e. The van der Waals surface area contributed by atoms with Crippen LogP contribution in [0.5, 0.6) is 0 Å². The van der Waals surface area contributed by atoms with E-state index in [4.69, 9.17) is 0 Å². The molecule has 0 aromatic rings. The van der Waals surface area contributed by atoms with Gasteiger partial charge in [-0.15, -0.1) is 0 Å². The first kappa shape index (κ1) is 16.0. The molecule has 0 heterocycles. The molecule has 97 valence electrons. The van der Waals surface area contributed by atoms with Gasteiger partial charge in [-0.25, -0.2) is 0 Å². The molecular formula is C14H23O3. The molecule has 1 unspecified atom stereocenters. The average molecular weight is 239 g/mol. The van der Waals surface area contributed by atoms with E-state index >= 15 is 0 Å². The fourth-order valence-electron chi connectivity index (χ4n) is 1.80. The molecule has 0 amide bonds. The fourth-order valence-corrected chi connectivity index (χ4v) is 1.80. The molecule has 17 heavy (non-hydrogen) atoms. The topological polar surface area (TPSA) is 51.2 Å². The predicted octanol–water partition coefficient (Wildman–Crippen LogP) is 2.72. The van der Waals surface area contributed by atoms with Crippen LogP contribution in [0.3, 0.4) is 0 Å². The molecule has 0 aliphatic heterocycles. The molecule has 0 bridgehead atoms. The van der Waals surface area contributed by atoms with E-state index < -0.39 is 11.3 Å². The molecule has 0 aliphatic carbocycles. The Labute approximate surface area is 104 Å². The highest BCUT2D eigenvalue weighted by atomic mass is 16.2. The second kappa shape index (κ2) is 6.67. The number of hydrogen-bond acceptors (Lipinski definition) is 3. The Hall–Kier alpha value is -0.990. The maximum atomic E-state index is 12.1. The highest BCUT2D eigenvalue weighted by Crippen LogP contribution is 2.29. The third-order valence-electron chi connectivity index (χ3n) is 2.94. The summed E-state index contributed by atoms with van der Waals surface area (Å²) in [5.41, 5.74) is -1.02. The molecule has 1 atom stereocenters. The minimum atomic E-state index is -1.02. The highest BCUT2D eigenvalue weighted by Gasteiger charge is 2.41. The van der Waals surface area contributed by atoms with Crippen molar-refractivity contribution in [1.29, 1.82) is 0 Å². The van der Waals surface area contributed by atoms with Crippen molar-refractivity contribution in [3.8, 4) is 0 Å². The molecule has 0 aromatic heterocycles. The largest absolute Gasteiger partial charge is 0.299 e. The van der Waals surface area contributed by atoms with Crippen molar-refractivity contribution >= 4 is 17.9 Å². The molecule has 0 aliphatic rings. The van der Waals surface area contributed by atoms with Gasteiger partial charge in [0.15, 0.2) is 0 Å². The van der Waals surface area contributed by atoms with Gasteiger partial charge in [-0.1, -0.05) is 41.0 Å². The zero-order valence-electron chi connectivity index (χ0n) is 11.5. The lowest BCUT2D eigenvalue weighted by molar-refractivity contribution is -0.137. The summed E-state index contributed by atoms with van der Waals surface area (Å²) in [5, 5.41) is 0. The number of rotatable bonds is 8. The van der Waals surface area contributed by atoms with Gasteiger partial charge >= 0.3 is 0 Å². The standard InChI is InChI=1S/C14H23O3/c1-6-7-8-11(16)12(13(17)10(2)3)14(4,5)9-15/h10,12H,6-8H2,1-5H3. The molecule has 0 aromatic carbocycles. The molecule has 1 radical (unpaired) electrons. The lowest BCUT2D eigenvalue weighted by Crippen LogP contribution is -2.40. The summed E-state index contributed by atoms with van der Waals surface area (Å²) >= 11 is 0. The maximum absolute atomic E-state index is 12.1. The average Bonchev–Trinajstić information content (AvgIpc) is 2.25. The summed E-state index contributed by atoms with van der Waals surface area (Å²) in [5.74, 6) is -1.36. The Kier molecular flexibility index (Phi) is 6.29. The summed E-state index contributed by atoms with van der Waals surface area (Å²) in [4.78, 5) is 35.1. The third kappa shape index (κ3) is 4.41. The van der Waals surface area contributed by atoms with Gasteiger partial charge in [0, 0.05) is 17.8 Å². The number of Topliss-reactive ketones (excluding diaryl/α,β-unsaturated/α-hetero) is 2. The van der Waals surface area contributed by atoms with E-state index in [1.807, 2.05) is 13.2 Å². The predicted molar refractivity (Wildman–Crippen MR) is 67.3 cm³/mol.